The van der Waals surface area contributed by atoms with E-state index in [1.165, 1.54) is 11.8 Å². The number of ether oxygens (including phenoxy) is 1. The van der Waals surface area contributed by atoms with Crippen LogP contribution in [-0.4, -0.2) is 21.7 Å². The molecule has 2 heterocycles. The van der Waals surface area contributed by atoms with Gasteiger partial charge >= 0.3 is 5.97 Å². The molecule has 0 saturated heterocycles. The van der Waals surface area contributed by atoms with Crippen molar-refractivity contribution in [2.24, 2.45) is 0 Å². The molecule has 0 spiro atoms. The molecule has 29 heavy (non-hydrogen) atoms. The number of fused-ring (bicyclic) bond motifs is 4. The average molecular weight is 400 g/mol. The number of carbonyl (C=O) groups excluding carboxylic acids is 1. The number of oxazole rings is 1. The minimum Gasteiger partial charge on any atom is -0.459 e. The number of hydrogen-bond donors (Lipinski definition) is 0. The van der Waals surface area contributed by atoms with Gasteiger partial charge in [-0.3, -0.25) is 4.79 Å². The largest absolute Gasteiger partial charge is 0.459 e. The van der Waals surface area contributed by atoms with Gasteiger partial charge in [-0.1, -0.05) is 66.4 Å². The number of hydrogen-bond acceptors (Lipinski definition) is 6. The van der Waals surface area contributed by atoms with Gasteiger partial charge < -0.3 is 9.15 Å². The minimum atomic E-state index is -0.337. The van der Waals surface area contributed by atoms with Gasteiger partial charge in [0.15, 0.2) is 5.58 Å². The van der Waals surface area contributed by atoms with Crippen LogP contribution in [0.1, 0.15) is 5.69 Å². The summed E-state index contributed by atoms with van der Waals surface area (Å²) in [6.07, 6.45) is 0. The Morgan fingerprint density at radius 1 is 0.828 bits per heavy atom. The molecule has 142 valence electrons. The normalized spacial score (nSPS) is 11.3. The first-order chi connectivity index (χ1) is 14.3. The summed E-state index contributed by atoms with van der Waals surface area (Å²) in [5.74, 6) is -0.213. The average Bonchev–Trinajstić information content (AvgIpc) is 3.19. The monoisotopic (exact) mass is 400 g/mol. The molecule has 0 atom stereocenters. The van der Waals surface area contributed by atoms with Crippen LogP contribution in [0, 0.1) is 0 Å². The zero-order valence-corrected chi connectivity index (χ0v) is 16.2. The van der Waals surface area contributed by atoms with Gasteiger partial charge in [-0.05, 0) is 23.6 Å². The molecule has 0 saturated carbocycles. The predicted molar refractivity (Wildman–Crippen MR) is 114 cm³/mol. The summed E-state index contributed by atoms with van der Waals surface area (Å²) >= 11 is 1.22. The summed E-state index contributed by atoms with van der Waals surface area (Å²) in [6.45, 7) is 0.123. The highest BCUT2D eigenvalue weighted by Gasteiger charge is 2.13. The molecule has 0 bridgehead atoms. The van der Waals surface area contributed by atoms with Crippen LogP contribution in [0.25, 0.3) is 32.8 Å². The first kappa shape index (κ1) is 17.7. The standard InChI is InChI=1S/C23H16N2O3S/c26-22(14-29-23-25-19-11-5-6-12-21(19)28-23)27-13-20-17-9-2-1-7-15(17)16-8-3-4-10-18(16)24-20/h1-12H,13-14H2. The fraction of sp³-hybridized carbons (Fsp3) is 0.0870. The first-order valence-corrected chi connectivity index (χ1v) is 10.2. The number of carbonyl (C=O) groups is 1. The Balaban J connectivity index is 1.31. The van der Waals surface area contributed by atoms with Crippen LogP contribution in [0.4, 0.5) is 0 Å². The van der Waals surface area contributed by atoms with Gasteiger partial charge in [0.05, 0.1) is 11.2 Å². The van der Waals surface area contributed by atoms with Gasteiger partial charge in [0.1, 0.15) is 17.9 Å². The van der Waals surface area contributed by atoms with E-state index in [0.29, 0.717) is 10.8 Å². The van der Waals surface area contributed by atoms with Crippen LogP contribution in [0.2, 0.25) is 0 Å². The summed E-state index contributed by atoms with van der Waals surface area (Å²) in [6, 6.07) is 23.5. The maximum Gasteiger partial charge on any atom is 0.316 e. The summed E-state index contributed by atoms with van der Waals surface area (Å²) in [4.78, 5) is 21.3. The van der Waals surface area contributed by atoms with Gasteiger partial charge in [0, 0.05) is 10.8 Å². The Bertz CT molecular complexity index is 1310. The van der Waals surface area contributed by atoms with Crippen molar-refractivity contribution >= 4 is 50.5 Å². The van der Waals surface area contributed by atoms with Crippen LogP contribution in [0.3, 0.4) is 0 Å². The minimum absolute atomic E-state index is 0.123. The van der Waals surface area contributed by atoms with E-state index in [2.05, 4.69) is 17.1 Å². The fourth-order valence-electron chi connectivity index (χ4n) is 3.31. The third-order valence-corrected chi connectivity index (χ3v) is 5.45. The van der Waals surface area contributed by atoms with E-state index in [1.54, 1.807) is 0 Å². The third-order valence-electron chi connectivity index (χ3n) is 4.65. The van der Waals surface area contributed by atoms with E-state index in [0.717, 1.165) is 32.9 Å². The van der Waals surface area contributed by atoms with Crippen LogP contribution in [0.15, 0.2) is 82.4 Å². The van der Waals surface area contributed by atoms with Crippen LogP contribution < -0.4 is 0 Å². The smallest absolute Gasteiger partial charge is 0.316 e. The van der Waals surface area contributed by atoms with Crippen LogP contribution >= 0.6 is 11.8 Å². The Morgan fingerprint density at radius 3 is 2.34 bits per heavy atom. The van der Waals surface area contributed by atoms with Crippen molar-refractivity contribution in [3.8, 4) is 0 Å². The van der Waals surface area contributed by atoms with Crippen molar-refractivity contribution in [3.05, 3.63) is 78.5 Å². The number of thioether (sulfide) groups is 1. The van der Waals surface area contributed by atoms with Gasteiger partial charge in [0.2, 0.25) is 0 Å². The molecule has 0 aliphatic carbocycles. The van der Waals surface area contributed by atoms with Crippen LogP contribution in [0.5, 0.6) is 0 Å². The van der Waals surface area contributed by atoms with Gasteiger partial charge in [-0.25, -0.2) is 9.97 Å². The molecule has 5 aromatic rings. The predicted octanol–water partition coefficient (Wildman–Crippen LogP) is 5.36. The zero-order valence-electron chi connectivity index (χ0n) is 15.4. The number of benzene rings is 3. The second kappa shape index (κ2) is 7.56. The van der Waals surface area contributed by atoms with Gasteiger partial charge in [-0.2, -0.15) is 0 Å². The molecule has 0 aliphatic rings. The van der Waals surface area contributed by atoms with Crippen molar-refractivity contribution in [3.63, 3.8) is 0 Å². The Kier molecular flexibility index (Phi) is 4.62. The molecule has 0 radical (unpaired) electrons. The van der Waals surface area contributed by atoms with E-state index in [-0.39, 0.29) is 18.3 Å². The Hall–Kier alpha value is -3.38. The molecule has 0 fully saturated rings. The van der Waals surface area contributed by atoms with Gasteiger partial charge in [-0.15, -0.1) is 0 Å². The van der Waals surface area contributed by atoms with Crippen molar-refractivity contribution in [2.75, 3.05) is 5.75 Å². The topological polar surface area (TPSA) is 65.2 Å². The summed E-state index contributed by atoms with van der Waals surface area (Å²) in [5, 5.41) is 3.64. The van der Waals surface area contributed by atoms with E-state index < -0.39 is 0 Å². The molecular weight excluding hydrogens is 384 g/mol. The van der Waals surface area contributed by atoms with E-state index in [4.69, 9.17) is 14.1 Å². The number of esters is 1. The van der Waals surface area contributed by atoms with Crippen molar-refractivity contribution < 1.29 is 13.9 Å². The summed E-state index contributed by atoms with van der Waals surface area (Å²) < 4.78 is 11.1. The lowest BCUT2D eigenvalue weighted by Crippen LogP contribution is -2.08. The number of pyridine rings is 1. The lowest BCUT2D eigenvalue weighted by Gasteiger charge is -2.10. The van der Waals surface area contributed by atoms with E-state index >= 15 is 0 Å². The highest BCUT2D eigenvalue weighted by Crippen LogP contribution is 2.27. The first-order valence-electron chi connectivity index (χ1n) is 9.18. The van der Waals surface area contributed by atoms with Gasteiger partial charge in [0.25, 0.3) is 5.22 Å². The molecule has 6 heteroatoms. The van der Waals surface area contributed by atoms with Crippen LogP contribution in [-0.2, 0) is 16.1 Å². The fourth-order valence-corrected chi connectivity index (χ4v) is 3.94. The maximum atomic E-state index is 12.3. The lowest BCUT2D eigenvalue weighted by molar-refractivity contribution is -0.141. The summed E-state index contributed by atoms with van der Waals surface area (Å²) in [7, 11) is 0. The molecule has 0 unspecified atom stereocenters. The zero-order chi connectivity index (χ0) is 19.6. The SMILES string of the molecule is O=C(CSc1nc2ccccc2o1)OCc1nc2ccccc2c2ccccc12. The second-order valence-electron chi connectivity index (χ2n) is 6.52. The molecule has 2 aromatic heterocycles. The summed E-state index contributed by atoms with van der Waals surface area (Å²) in [5.41, 5.74) is 3.11. The Morgan fingerprint density at radius 2 is 1.52 bits per heavy atom. The number of para-hydroxylation sites is 3. The molecular formula is C23H16N2O3S. The molecule has 5 rings (SSSR count). The van der Waals surface area contributed by atoms with Crippen molar-refractivity contribution in [1.29, 1.82) is 0 Å². The highest BCUT2D eigenvalue weighted by atomic mass is 32.2. The number of rotatable bonds is 5. The second-order valence-corrected chi connectivity index (χ2v) is 7.44. The van der Waals surface area contributed by atoms with Crippen molar-refractivity contribution in [2.45, 2.75) is 11.8 Å². The molecule has 3 aromatic carbocycles. The third kappa shape index (κ3) is 3.54. The molecule has 0 amide bonds. The van der Waals surface area contributed by atoms with Crippen molar-refractivity contribution in [1.82, 2.24) is 9.97 Å². The Labute approximate surface area is 170 Å². The van der Waals surface area contributed by atoms with E-state index in [1.807, 2.05) is 60.7 Å². The quantitative estimate of drug-likeness (QED) is 0.225. The molecule has 0 aliphatic heterocycles. The van der Waals surface area contributed by atoms with E-state index in [9.17, 15) is 4.79 Å². The highest BCUT2D eigenvalue weighted by molar-refractivity contribution is 7.99. The molecule has 0 N–H and O–H groups in total. The molecule has 5 nitrogen and oxygen atoms in total. The lowest BCUT2D eigenvalue weighted by atomic mass is 10.0. The number of nitrogens with zero attached hydrogens (tertiary/aromatic N) is 2. The maximum absolute atomic E-state index is 12.3. The number of aromatic nitrogens is 2.